The zero-order chi connectivity index (χ0) is 12.7. The molecule has 0 atom stereocenters. The predicted molar refractivity (Wildman–Crippen MR) is 73.0 cm³/mol. The van der Waals surface area contributed by atoms with Crippen LogP contribution in [0.1, 0.15) is 32.3 Å². The molecule has 0 saturated heterocycles. The second-order valence-corrected chi connectivity index (χ2v) is 4.94. The van der Waals surface area contributed by atoms with Crippen LogP contribution < -0.4 is 4.90 Å². The number of hydrogen-bond acceptors (Lipinski definition) is 1. The van der Waals surface area contributed by atoms with Gasteiger partial charge in [0.2, 0.25) is 0 Å². The molecule has 0 amide bonds. The van der Waals surface area contributed by atoms with E-state index in [9.17, 15) is 5.11 Å². The van der Waals surface area contributed by atoms with E-state index in [0.29, 0.717) is 5.02 Å². The van der Waals surface area contributed by atoms with Crippen LogP contribution in [-0.2, 0) is 6.42 Å². The van der Waals surface area contributed by atoms with Crippen LogP contribution in [0, 0.1) is 0 Å². The van der Waals surface area contributed by atoms with Gasteiger partial charge >= 0.3 is 0 Å². The summed E-state index contributed by atoms with van der Waals surface area (Å²) in [6.45, 7) is 8.04. The van der Waals surface area contributed by atoms with Crippen LogP contribution in [0.3, 0.4) is 0 Å². The minimum absolute atomic E-state index is 0.191. The highest BCUT2D eigenvalue weighted by Gasteiger charge is 2.07. The first-order valence-electron chi connectivity index (χ1n) is 6.48. The van der Waals surface area contributed by atoms with Crippen LogP contribution in [-0.4, -0.2) is 24.7 Å². The fourth-order valence-corrected chi connectivity index (χ4v) is 2.23. The Morgan fingerprint density at radius 3 is 2.29 bits per heavy atom. The van der Waals surface area contributed by atoms with E-state index in [4.69, 9.17) is 11.6 Å². The van der Waals surface area contributed by atoms with Gasteiger partial charge in [0.05, 0.1) is 24.7 Å². The molecule has 2 nitrogen and oxygen atoms in total. The maximum absolute atomic E-state index is 9.53. The average Bonchev–Trinajstić information content (AvgIpc) is 2.31. The lowest BCUT2D eigenvalue weighted by atomic mass is 10.1. The maximum atomic E-state index is 9.53. The average molecular weight is 257 g/mol. The van der Waals surface area contributed by atoms with Crippen molar-refractivity contribution < 1.29 is 10.0 Å². The quantitative estimate of drug-likeness (QED) is 0.769. The molecule has 96 valence electrons. The smallest absolute Gasteiger partial charge is 0.134 e. The molecule has 0 heterocycles. The van der Waals surface area contributed by atoms with Crippen molar-refractivity contribution in [3.63, 3.8) is 0 Å². The molecule has 0 unspecified atom stereocenters. The summed E-state index contributed by atoms with van der Waals surface area (Å²) in [6, 6.07) is 5.54. The number of phenols is 1. The summed E-state index contributed by atoms with van der Waals surface area (Å²) in [4.78, 5) is 1.64. The number of rotatable bonds is 7. The number of hydrogen-bond donors (Lipinski definition) is 2. The summed E-state index contributed by atoms with van der Waals surface area (Å²) in [5.41, 5.74) is 1.16. The van der Waals surface area contributed by atoms with E-state index in [1.54, 1.807) is 17.0 Å². The van der Waals surface area contributed by atoms with Crippen molar-refractivity contribution in [2.45, 2.75) is 33.1 Å². The van der Waals surface area contributed by atoms with Crippen molar-refractivity contribution in [3.05, 3.63) is 28.8 Å². The lowest BCUT2D eigenvalue weighted by Crippen LogP contribution is -3.12. The second-order valence-electron chi connectivity index (χ2n) is 4.54. The lowest BCUT2D eigenvalue weighted by Gasteiger charge is -2.18. The number of aromatic hydroxyl groups is 1. The summed E-state index contributed by atoms with van der Waals surface area (Å²) in [5, 5.41) is 9.96. The van der Waals surface area contributed by atoms with E-state index in [1.807, 2.05) is 6.07 Å². The molecule has 17 heavy (non-hydrogen) atoms. The highest BCUT2D eigenvalue weighted by atomic mass is 35.5. The SMILES string of the molecule is CCC[NH+](CCC)CCc1ccc(Cl)c(O)c1. The normalized spacial score (nSPS) is 11.1. The maximum Gasteiger partial charge on any atom is 0.134 e. The first-order chi connectivity index (χ1) is 8.17. The van der Waals surface area contributed by atoms with Crippen molar-refractivity contribution in [1.29, 1.82) is 0 Å². The molecule has 0 aliphatic rings. The first-order valence-corrected chi connectivity index (χ1v) is 6.86. The van der Waals surface area contributed by atoms with E-state index in [0.717, 1.165) is 18.5 Å². The second kappa shape index (κ2) is 7.57. The Bertz CT molecular complexity index is 335. The van der Waals surface area contributed by atoms with E-state index >= 15 is 0 Å². The third-order valence-corrected chi connectivity index (χ3v) is 3.30. The number of halogens is 1. The van der Waals surface area contributed by atoms with Gasteiger partial charge in [0, 0.05) is 6.42 Å². The van der Waals surface area contributed by atoms with Gasteiger partial charge in [-0.3, -0.25) is 0 Å². The predicted octanol–water partition coefficient (Wildman–Crippen LogP) is 2.29. The highest BCUT2D eigenvalue weighted by molar-refractivity contribution is 6.31. The van der Waals surface area contributed by atoms with Crippen LogP contribution in [0.2, 0.25) is 5.02 Å². The molecule has 0 radical (unpaired) electrons. The van der Waals surface area contributed by atoms with E-state index < -0.39 is 0 Å². The van der Waals surface area contributed by atoms with Crippen molar-refractivity contribution in [2.75, 3.05) is 19.6 Å². The van der Waals surface area contributed by atoms with Crippen molar-refractivity contribution in [2.24, 2.45) is 0 Å². The van der Waals surface area contributed by atoms with Gasteiger partial charge in [0.25, 0.3) is 0 Å². The molecule has 0 aliphatic heterocycles. The van der Waals surface area contributed by atoms with Crippen molar-refractivity contribution in [1.82, 2.24) is 0 Å². The van der Waals surface area contributed by atoms with E-state index in [1.165, 1.54) is 25.9 Å². The molecule has 0 spiro atoms. The Kier molecular flexibility index (Phi) is 6.38. The van der Waals surface area contributed by atoms with Crippen LogP contribution >= 0.6 is 11.6 Å². The summed E-state index contributed by atoms with van der Waals surface area (Å²) < 4.78 is 0. The monoisotopic (exact) mass is 256 g/mol. The molecule has 0 aliphatic carbocycles. The van der Waals surface area contributed by atoms with Gasteiger partial charge < -0.3 is 10.0 Å². The van der Waals surface area contributed by atoms with Crippen LogP contribution in [0.15, 0.2) is 18.2 Å². The molecule has 2 N–H and O–H groups in total. The summed E-state index contributed by atoms with van der Waals surface area (Å²) in [7, 11) is 0. The topological polar surface area (TPSA) is 24.7 Å². The summed E-state index contributed by atoms with van der Waals surface area (Å²) >= 11 is 5.79. The zero-order valence-electron chi connectivity index (χ0n) is 10.8. The number of phenolic OH excluding ortho intramolecular Hbond substituents is 1. The Hall–Kier alpha value is -0.730. The zero-order valence-corrected chi connectivity index (χ0v) is 11.6. The van der Waals surface area contributed by atoms with E-state index in [-0.39, 0.29) is 5.75 Å². The van der Waals surface area contributed by atoms with Gasteiger partial charge in [-0.1, -0.05) is 31.5 Å². The van der Waals surface area contributed by atoms with Gasteiger partial charge in [-0.25, -0.2) is 0 Å². The molecular formula is C14H23ClNO+. The Balaban J connectivity index is 2.49. The molecule has 3 heteroatoms. The summed E-state index contributed by atoms with van der Waals surface area (Å²) in [6.07, 6.45) is 3.45. The number of benzene rings is 1. The third-order valence-electron chi connectivity index (χ3n) is 2.98. The fourth-order valence-electron chi connectivity index (χ4n) is 2.12. The minimum atomic E-state index is 0.191. The molecule has 0 aromatic heterocycles. The molecule has 1 aromatic carbocycles. The Morgan fingerprint density at radius 2 is 1.76 bits per heavy atom. The van der Waals surface area contributed by atoms with Gasteiger partial charge in [-0.2, -0.15) is 0 Å². The van der Waals surface area contributed by atoms with E-state index in [2.05, 4.69) is 13.8 Å². The fraction of sp³-hybridized carbons (Fsp3) is 0.571. The largest absolute Gasteiger partial charge is 0.506 e. The third kappa shape index (κ3) is 4.97. The molecular weight excluding hydrogens is 234 g/mol. The summed E-state index contributed by atoms with van der Waals surface area (Å²) in [5.74, 6) is 0.191. The number of quaternary nitrogens is 1. The van der Waals surface area contributed by atoms with Crippen molar-refractivity contribution >= 4 is 11.6 Å². The minimum Gasteiger partial charge on any atom is -0.506 e. The van der Waals surface area contributed by atoms with Crippen LogP contribution in [0.5, 0.6) is 5.75 Å². The molecule has 0 bridgehead atoms. The lowest BCUT2D eigenvalue weighted by molar-refractivity contribution is -0.900. The van der Waals surface area contributed by atoms with Crippen LogP contribution in [0.25, 0.3) is 0 Å². The molecule has 1 rings (SSSR count). The van der Waals surface area contributed by atoms with Crippen LogP contribution in [0.4, 0.5) is 0 Å². The Morgan fingerprint density at radius 1 is 1.12 bits per heavy atom. The standard InChI is InChI=1S/C14H22ClNO/c1-3-8-16(9-4-2)10-7-12-5-6-13(15)14(17)11-12/h5-6,11,17H,3-4,7-10H2,1-2H3/p+1. The van der Waals surface area contributed by atoms with Gasteiger partial charge in [0.15, 0.2) is 0 Å². The Labute approximate surface area is 109 Å². The number of nitrogens with one attached hydrogen (secondary N) is 1. The molecule has 0 saturated carbocycles. The highest BCUT2D eigenvalue weighted by Crippen LogP contribution is 2.23. The van der Waals surface area contributed by atoms with Gasteiger partial charge in [0.1, 0.15) is 5.75 Å². The molecule has 0 fully saturated rings. The van der Waals surface area contributed by atoms with Crippen molar-refractivity contribution in [3.8, 4) is 5.75 Å². The molecule has 1 aromatic rings. The van der Waals surface area contributed by atoms with Gasteiger partial charge in [-0.05, 0) is 30.5 Å². The van der Waals surface area contributed by atoms with Gasteiger partial charge in [-0.15, -0.1) is 0 Å². The first kappa shape index (κ1) is 14.3.